The quantitative estimate of drug-likeness (QED) is 0.261. The number of nitrogens with one attached hydrogen (secondary N) is 1. The van der Waals surface area contributed by atoms with Gasteiger partial charge in [-0.3, -0.25) is 0 Å². The van der Waals surface area contributed by atoms with Crippen LogP contribution in [0.4, 0.5) is 4.79 Å². The molecule has 3 rings (SSSR count). The fourth-order valence-electron chi connectivity index (χ4n) is 3.64. The second kappa shape index (κ2) is 16.2. The maximum Gasteiger partial charge on any atom is 0.407 e. The summed E-state index contributed by atoms with van der Waals surface area (Å²) in [5.41, 5.74) is 2.25. The fourth-order valence-corrected chi connectivity index (χ4v) is 3.64. The predicted octanol–water partition coefficient (Wildman–Crippen LogP) is 5.72. The van der Waals surface area contributed by atoms with Crippen LogP contribution in [-0.4, -0.2) is 50.9 Å². The minimum Gasteiger partial charge on any atom is -0.494 e. The van der Waals surface area contributed by atoms with E-state index in [1.54, 1.807) is 0 Å². The highest BCUT2D eigenvalue weighted by molar-refractivity contribution is 5.67. The molecule has 0 heterocycles. The zero-order chi connectivity index (χ0) is 25.3. The zero-order valence-corrected chi connectivity index (χ0v) is 21.2. The molecule has 0 spiro atoms. The Hall–Kier alpha value is -3.51. The van der Waals surface area contributed by atoms with Gasteiger partial charge in [-0.15, -0.1) is 0 Å². The molecule has 0 saturated carbocycles. The molecule has 6 nitrogen and oxygen atoms in total. The van der Waals surface area contributed by atoms with Crippen molar-refractivity contribution in [3.63, 3.8) is 0 Å². The fraction of sp³-hybridized carbons (Fsp3) is 0.367. The number of alkyl carbamates (subject to hydrolysis) is 1. The monoisotopic (exact) mass is 490 g/mol. The third kappa shape index (κ3) is 11.3. The predicted molar refractivity (Wildman–Crippen MR) is 144 cm³/mol. The van der Waals surface area contributed by atoms with Crippen molar-refractivity contribution < 1.29 is 19.0 Å². The van der Waals surface area contributed by atoms with E-state index < -0.39 is 0 Å². The van der Waals surface area contributed by atoms with Gasteiger partial charge in [-0.1, -0.05) is 60.7 Å². The van der Waals surface area contributed by atoms with Crippen LogP contribution in [0.5, 0.6) is 11.5 Å². The molecule has 36 heavy (non-hydrogen) atoms. The lowest BCUT2D eigenvalue weighted by molar-refractivity contribution is 0.139. The van der Waals surface area contributed by atoms with Crippen molar-refractivity contribution >= 4 is 6.09 Å². The number of para-hydroxylation sites is 1. The Morgan fingerprint density at radius 1 is 0.722 bits per heavy atom. The summed E-state index contributed by atoms with van der Waals surface area (Å²) >= 11 is 0. The normalized spacial score (nSPS) is 10.7. The summed E-state index contributed by atoms with van der Waals surface area (Å²) in [6.45, 7) is 4.11. The molecule has 0 bridgehead atoms. The third-order valence-corrected chi connectivity index (χ3v) is 5.74. The van der Waals surface area contributed by atoms with Gasteiger partial charge >= 0.3 is 6.09 Å². The third-order valence-electron chi connectivity index (χ3n) is 5.74. The largest absolute Gasteiger partial charge is 0.494 e. The number of ether oxygens (including phenoxy) is 3. The van der Waals surface area contributed by atoms with Crippen molar-refractivity contribution in [1.29, 1.82) is 0 Å². The summed E-state index contributed by atoms with van der Waals surface area (Å²) in [5, 5.41) is 2.81. The van der Waals surface area contributed by atoms with Crippen LogP contribution in [0.1, 0.15) is 30.4 Å². The molecule has 0 fully saturated rings. The first-order valence-electron chi connectivity index (χ1n) is 12.7. The highest BCUT2D eigenvalue weighted by Gasteiger charge is 2.03. The molecule has 3 aromatic carbocycles. The molecule has 0 unspecified atom stereocenters. The number of carbonyl (C=O) groups is 1. The van der Waals surface area contributed by atoms with E-state index in [4.69, 9.17) is 14.2 Å². The van der Waals surface area contributed by atoms with Crippen LogP contribution in [0.2, 0.25) is 0 Å². The van der Waals surface area contributed by atoms with Gasteiger partial charge in [0.2, 0.25) is 0 Å². The Kier molecular flexibility index (Phi) is 12.2. The van der Waals surface area contributed by atoms with E-state index in [0.717, 1.165) is 55.8 Å². The van der Waals surface area contributed by atoms with E-state index in [0.29, 0.717) is 26.4 Å². The van der Waals surface area contributed by atoms with E-state index in [1.807, 2.05) is 72.8 Å². The van der Waals surface area contributed by atoms with Gasteiger partial charge in [0, 0.05) is 19.6 Å². The molecule has 6 heteroatoms. The van der Waals surface area contributed by atoms with Crippen LogP contribution in [0, 0.1) is 0 Å². The van der Waals surface area contributed by atoms with Gasteiger partial charge < -0.3 is 24.4 Å². The van der Waals surface area contributed by atoms with Gasteiger partial charge in [0.1, 0.15) is 24.7 Å². The number of likely N-dealkylation sites (N-methyl/N-ethyl adjacent to an activating group) is 1. The Balaban J connectivity index is 1.18. The van der Waals surface area contributed by atoms with Crippen LogP contribution in [-0.2, 0) is 17.8 Å². The number of amides is 1. The Labute approximate surface area is 215 Å². The number of rotatable bonds is 16. The second-order valence-electron chi connectivity index (χ2n) is 8.76. The van der Waals surface area contributed by atoms with Crippen LogP contribution >= 0.6 is 0 Å². The van der Waals surface area contributed by atoms with Crippen LogP contribution in [0.3, 0.4) is 0 Å². The second-order valence-corrected chi connectivity index (χ2v) is 8.76. The van der Waals surface area contributed by atoms with E-state index in [1.165, 1.54) is 5.56 Å². The lowest BCUT2D eigenvalue weighted by Crippen LogP contribution is -2.26. The smallest absolute Gasteiger partial charge is 0.407 e. The molecule has 0 aliphatic carbocycles. The van der Waals surface area contributed by atoms with Gasteiger partial charge in [0.05, 0.1) is 6.61 Å². The van der Waals surface area contributed by atoms with Crippen LogP contribution in [0.15, 0.2) is 84.9 Å². The molecule has 0 aromatic heterocycles. The first-order chi connectivity index (χ1) is 17.7. The topological polar surface area (TPSA) is 60.0 Å². The minimum absolute atomic E-state index is 0.293. The van der Waals surface area contributed by atoms with E-state index in [-0.39, 0.29) is 6.09 Å². The average molecular weight is 491 g/mol. The summed E-state index contributed by atoms with van der Waals surface area (Å²) in [7, 11) is 2.10. The van der Waals surface area contributed by atoms with Crippen molar-refractivity contribution in [2.75, 3.05) is 39.9 Å². The number of unbranched alkanes of at least 4 members (excludes halogenated alkanes) is 1. The molecule has 1 amide bonds. The van der Waals surface area contributed by atoms with Crippen molar-refractivity contribution in [3.8, 4) is 11.5 Å². The molecule has 0 aliphatic rings. The first kappa shape index (κ1) is 27.1. The number of nitrogens with zero attached hydrogens (tertiary/aromatic N) is 1. The Bertz CT molecular complexity index is 981. The molecule has 192 valence electrons. The van der Waals surface area contributed by atoms with E-state index in [2.05, 4.69) is 29.4 Å². The maximum atomic E-state index is 11.8. The lowest BCUT2D eigenvalue weighted by atomic mass is 10.1. The first-order valence-corrected chi connectivity index (χ1v) is 12.7. The van der Waals surface area contributed by atoms with Crippen LogP contribution < -0.4 is 14.8 Å². The minimum atomic E-state index is -0.369. The Morgan fingerprint density at radius 3 is 2.14 bits per heavy atom. The standard InChI is InChI=1S/C30H38N2O4/c1-32(21-10-23-34-28-14-6-3-7-15-28)22-24-35-29-18-16-26(17-19-29)11-8-9-20-31-30(33)36-25-27-12-4-2-5-13-27/h2-7,12-19H,8-11,20-25H2,1H3,(H,31,33). The summed E-state index contributed by atoms with van der Waals surface area (Å²) in [5.74, 6) is 1.81. The maximum absolute atomic E-state index is 11.8. The van der Waals surface area contributed by atoms with Gasteiger partial charge in [0.15, 0.2) is 0 Å². The number of aryl methyl sites for hydroxylation is 1. The van der Waals surface area contributed by atoms with Gasteiger partial charge in [-0.25, -0.2) is 4.79 Å². The van der Waals surface area contributed by atoms with E-state index >= 15 is 0 Å². The molecule has 0 aliphatic heterocycles. The highest BCUT2D eigenvalue weighted by Crippen LogP contribution is 2.14. The molecule has 0 atom stereocenters. The molecule has 1 N–H and O–H groups in total. The van der Waals surface area contributed by atoms with Crippen molar-refractivity contribution in [2.24, 2.45) is 0 Å². The van der Waals surface area contributed by atoms with E-state index in [9.17, 15) is 4.79 Å². The molecule has 3 aromatic rings. The average Bonchev–Trinajstić information content (AvgIpc) is 2.92. The molecule has 0 saturated heterocycles. The molecular formula is C30H38N2O4. The summed E-state index contributed by atoms with van der Waals surface area (Å²) < 4.78 is 16.9. The highest BCUT2D eigenvalue weighted by atomic mass is 16.5. The number of carbonyl (C=O) groups excluding carboxylic acids is 1. The zero-order valence-electron chi connectivity index (χ0n) is 21.2. The van der Waals surface area contributed by atoms with Gasteiger partial charge in [-0.2, -0.15) is 0 Å². The Morgan fingerprint density at radius 2 is 1.39 bits per heavy atom. The van der Waals surface area contributed by atoms with Crippen molar-refractivity contribution in [2.45, 2.75) is 32.3 Å². The number of hydrogen-bond acceptors (Lipinski definition) is 5. The summed E-state index contributed by atoms with van der Waals surface area (Å²) in [6.07, 6.45) is 3.48. The molecular weight excluding hydrogens is 452 g/mol. The van der Waals surface area contributed by atoms with Crippen molar-refractivity contribution in [3.05, 3.63) is 96.1 Å². The number of hydrogen-bond donors (Lipinski definition) is 1. The number of benzene rings is 3. The lowest BCUT2D eigenvalue weighted by Gasteiger charge is -2.17. The molecule has 0 radical (unpaired) electrons. The summed E-state index contributed by atoms with van der Waals surface area (Å²) in [6, 6.07) is 27.9. The summed E-state index contributed by atoms with van der Waals surface area (Å²) in [4.78, 5) is 14.0. The van der Waals surface area contributed by atoms with Crippen LogP contribution in [0.25, 0.3) is 0 Å². The van der Waals surface area contributed by atoms with Crippen molar-refractivity contribution in [1.82, 2.24) is 10.2 Å². The van der Waals surface area contributed by atoms with Gasteiger partial charge in [-0.05, 0) is 68.1 Å². The van der Waals surface area contributed by atoms with Gasteiger partial charge in [0.25, 0.3) is 0 Å². The SMILES string of the molecule is CN(CCCOc1ccccc1)CCOc1ccc(CCCCNC(=O)OCc2ccccc2)cc1.